The van der Waals surface area contributed by atoms with E-state index in [1.54, 1.807) is 11.3 Å². The van der Waals surface area contributed by atoms with Gasteiger partial charge in [0.25, 0.3) is 0 Å². The third-order valence-corrected chi connectivity index (χ3v) is 2.98. The molecule has 3 nitrogen and oxygen atoms in total. The van der Waals surface area contributed by atoms with Gasteiger partial charge in [-0.25, -0.2) is 0 Å². The van der Waals surface area contributed by atoms with Crippen molar-refractivity contribution in [1.82, 2.24) is 15.5 Å². The Morgan fingerprint density at radius 1 is 1.31 bits per heavy atom. The molecular weight excluding hydrogens is 182 g/mol. The van der Waals surface area contributed by atoms with Crippen LogP contribution in [-0.4, -0.2) is 16.7 Å². The predicted octanol–water partition coefficient (Wildman–Crippen LogP) is 1.95. The molecule has 0 saturated heterocycles. The monoisotopic (exact) mass is 199 g/mol. The van der Waals surface area contributed by atoms with Crippen LogP contribution in [0.3, 0.4) is 0 Å². The van der Waals surface area contributed by atoms with Gasteiger partial charge in [-0.1, -0.05) is 39.0 Å². The average Bonchev–Trinajstić information content (AvgIpc) is 2.47. The van der Waals surface area contributed by atoms with Crippen LogP contribution in [0.25, 0.3) is 0 Å². The summed E-state index contributed by atoms with van der Waals surface area (Å²) in [5.41, 5.74) is 0.127. The molecule has 0 saturated carbocycles. The van der Waals surface area contributed by atoms with E-state index in [1.165, 1.54) is 0 Å². The Hall–Kier alpha value is -0.480. The Labute approximate surface area is 83.6 Å². The van der Waals surface area contributed by atoms with Gasteiger partial charge in [-0.2, -0.15) is 0 Å². The molecule has 0 spiro atoms. The van der Waals surface area contributed by atoms with Crippen LogP contribution in [0.2, 0.25) is 0 Å². The average molecular weight is 199 g/mol. The molecule has 1 N–H and O–H groups in total. The molecule has 0 amide bonds. The topological polar surface area (TPSA) is 37.8 Å². The van der Waals surface area contributed by atoms with E-state index in [9.17, 15) is 0 Å². The number of nitrogens with one attached hydrogen (secondary N) is 1. The zero-order chi connectivity index (χ0) is 9.90. The smallest absolute Gasteiger partial charge is 0.131 e. The van der Waals surface area contributed by atoms with E-state index in [0.29, 0.717) is 0 Å². The molecule has 0 aliphatic heterocycles. The zero-order valence-corrected chi connectivity index (χ0v) is 9.53. The summed E-state index contributed by atoms with van der Waals surface area (Å²) >= 11 is 1.70. The van der Waals surface area contributed by atoms with Crippen LogP contribution < -0.4 is 5.32 Å². The SMILES string of the molecule is CCNCc1nnc(C(C)(C)C)s1. The second-order valence-electron chi connectivity index (χ2n) is 4.03. The molecule has 1 aromatic rings. The zero-order valence-electron chi connectivity index (χ0n) is 8.72. The molecular formula is C9H17N3S. The Morgan fingerprint density at radius 3 is 2.46 bits per heavy atom. The van der Waals surface area contributed by atoms with Crippen LogP contribution in [0.1, 0.15) is 37.7 Å². The lowest BCUT2D eigenvalue weighted by molar-refractivity contribution is 0.577. The first-order valence-corrected chi connectivity index (χ1v) is 5.39. The molecule has 0 aromatic carbocycles. The van der Waals surface area contributed by atoms with Gasteiger partial charge in [-0.15, -0.1) is 10.2 Å². The minimum Gasteiger partial charge on any atom is -0.311 e. The van der Waals surface area contributed by atoms with Crippen molar-refractivity contribution in [3.63, 3.8) is 0 Å². The maximum Gasteiger partial charge on any atom is 0.131 e. The van der Waals surface area contributed by atoms with Crippen molar-refractivity contribution in [3.05, 3.63) is 10.0 Å². The molecule has 0 fully saturated rings. The molecule has 0 unspecified atom stereocenters. The fraction of sp³-hybridized carbons (Fsp3) is 0.778. The van der Waals surface area contributed by atoms with Crippen LogP contribution in [0.15, 0.2) is 0 Å². The highest BCUT2D eigenvalue weighted by Crippen LogP contribution is 2.24. The maximum absolute atomic E-state index is 4.17. The van der Waals surface area contributed by atoms with Gasteiger partial charge < -0.3 is 5.32 Å². The van der Waals surface area contributed by atoms with Crippen LogP contribution in [0.4, 0.5) is 0 Å². The number of hydrogen-bond acceptors (Lipinski definition) is 4. The van der Waals surface area contributed by atoms with Crippen LogP contribution in [0.5, 0.6) is 0 Å². The van der Waals surface area contributed by atoms with Crippen LogP contribution >= 0.6 is 11.3 Å². The second kappa shape index (κ2) is 4.15. The quantitative estimate of drug-likeness (QED) is 0.808. The van der Waals surface area contributed by atoms with Gasteiger partial charge in [0.1, 0.15) is 10.0 Å². The normalized spacial score (nSPS) is 12.0. The van der Waals surface area contributed by atoms with Crippen molar-refractivity contribution in [2.45, 2.75) is 39.7 Å². The summed E-state index contributed by atoms with van der Waals surface area (Å²) in [6.45, 7) is 10.4. The van der Waals surface area contributed by atoms with Gasteiger partial charge in [0.05, 0.1) is 0 Å². The lowest BCUT2D eigenvalue weighted by Crippen LogP contribution is -2.11. The summed E-state index contributed by atoms with van der Waals surface area (Å²) in [4.78, 5) is 0. The fourth-order valence-electron chi connectivity index (χ4n) is 0.860. The molecule has 0 bridgehead atoms. The Kier molecular flexibility index (Phi) is 3.39. The lowest BCUT2D eigenvalue weighted by Gasteiger charge is -2.12. The first-order chi connectivity index (χ1) is 6.04. The number of nitrogens with zero attached hydrogens (tertiary/aromatic N) is 2. The van der Waals surface area contributed by atoms with Crippen molar-refractivity contribution in [2.24, 2.45) is 0 Å². The van der Waals surface area contributed by atoms with E-state index < -0.39 is 0 Å². The van der Waals surface area contributed by atoms with Crippen molar-refractivity contribution < 1.29 is 0 Å². The largest absolute Gasteiger partial charge is 0.311 e. The lowest BCUT2D eigenvalue weighted by atomic mass is 9.98. The standard InChI is InChI=1S/C9H17N3S/c1-5-10-6-7-11-12-8(13-7)9(2,3)4/h10H,5-6H2,1-4H3. The summed E-state index contributed by atoms with van der Waals surface area (Å²) in [7, 11) is 0. The Balaban J connectivity index is 2.64. The van der Waals surface area contributed by atoms with E-state index in [1.807, 2.05) is 0 Å². The third kappa shape index (κ3) is 3.04. The van der Waals surface area contributed by atoms with Crippen molar-refractivity contribution in [1.29, 1.82) is 0 Å². The van der Waals surface area contributed by atoms with E-state index in [4.69, 9.17) is 0 Å². The van der Waals surface area contributed by atoms with E-state index >= 15 is 0 Å². The second-order valence-corrected chi connectivity index (χ2v) is 5.09. The minimum absolute atomic E-state index is 0.127. The third-order valence-electron chi connectivity index (χ3n) is 1.63. The first-order valence-electron chi connectivity index (χ1n) is 4.57. The minimum atomic E-state index is 0.127. The Bertz CT molecular complexity index is 262. The first kappa shape index (κ1) is 10.6. The maximum atomic E-state index is 4.17. The number of aromatic nitrogens is 2. The highest BCUT2D eigenvalue weighted by atomic mass is 32.1. The number of hydrogen-bond donors (Lipinski definition) is 1. The van der Waals surface area contributed by atoms with E-state index in [2.05, 4.69) is 43.2 Å². The highest BCUT2D eigenvalue weighted by molar-refractivity contribution is 7.11. The molecule has 0 aliphatic rings. The molecule has 74 valence electrons. The van der Waals surface area contributed by atoms with Gasteiger partial charge in [0.15, 0.2) is 0 Å². The van der Waals surface area contributed by atoms with Gasteiger partial charge in [-0.3, -0.25) is 0 Å². The summed E-state index contributed by atoms with van der Waals surface area (Å²) in [5.74, 6) is 0. The van der Waals surface area contributed by atoms with E-state index in [-0.39, 0.29) is 5.41 Å². The predicted molar refractivity (Wildman–Crippen MR) is 56.0 cm³/mol. The van der Waals surface area contributed by atoms with Crippen molar-refractivity contribution in [2.75, 3.05) is 6.54 Å². The van der Waals surface area contributed by atoms with Gasteiger partial charge in [0, 0.05) is 12.0 Å². The van der Waals surface area contributed by atoms with Crippen molar-refractivity contribution >= 4 is 11.3 Å². The molecule has 1 aromatic heterocycles. The molecule has 13 heavy (non-hydrogen) atoms. The summed E-state index contributed by atoms with van der Waals surface area (Å²) < 4.78 is 0. The molecule has 1 heterocycles. The summed E-state index contributed by atoms with van der Waals surface area (Å²) in [5, 5.41) is 13.7. The van der Waals surface area contributed by atoms with Gasteiger partial charge >= 0.3 is 0 Å². The number of rotatable bonds is 3. The molecule has 4 heteroatoms. The van der Waals surface area contributed by atoms with Crippen LogP contribution in [-0.2, 0) is 12.0 Å². The fourth-order valence-corrected chi connectivity index (χ4v) is 1.73. The highest BCUT2D eigenvalue weighted by Gasteiger charge is 2.18. The summed E-state index contributed by atoms with van der Waals surface area (Å²) in [6, 6.07) is 0. The molecule has 0 aliphatic carbocycles. The van der Waals surface area contributed by atoms with Gasteiger partial charge in [-0.05, 0) is 6.54 Å². The summed E-state index contributed by atoms with van der Waals surface area (Å²) in [6.07, 6.45) is 0. The van der Waals surface area contributed by atoms with Crippen molar-refractivity contribution in [3.8, 4) is 0 Å². The van der Waals surface area contributed by atoms with Gasteiger partial charge in [0.2, 0.25) is 0 Å². The molecule has 0 atom stereocenters. The van der Waals surface area contributed by atoms with Crippen LogP contribution in [0, 0.1) is 0 Å². The molecule has 1 rings (SSSR count). The Morgan fingerprint density at radius 2 is 2.00 bits per heavy atom. The molecule has 0 radical (unpaired) electrons. The van der Waals surface area contributed by atoms with E-state index in [0.717, 1.165) is 23.1 Å².